The van der Waals surface area contributed by atoms with Crippen LogP contribution in [-0.2, 0) is 11.3 Å². The quantitative estimate of drug-likeness (QED) is 0.816. The summed E-state index contributed by atoms with van der Waals surface area (Å²) in [5.74, 6) is 0.617. The second kappa shape index (κ2) is 8.25. The number of halogens is 1. The Balaban J connectivity index is 1.95. The molecule has 0 spiro atoms. The minimum Gasteiger partial charge on any atom is -0.494 e. The monoisotopic (exact) mass is 315 g/mol. The Hall–Kier alpha value is -2.26. The number of benzene rings is 2. The van der Waals surface area contributed by atoms with E-state index in [0.717, 1.165) is 16.9 Å². The van der Waals surface area contributed by atoms with Gasteiger partial charge in [0.05, 0.1) is 6.61 Å². The molecule has 2 aromatic carbocycles. The lowest BCUT2D eigenvalue weighted by Gasteiger charge is -2.10. The molecule has 0 heterocycles. The molecular weight excluding hydrogens is 298 g/mol. The van der Waals surface area contributed by atoms with Gasteiger partial charge in [-0.2, -0.15) is 0 Å². The summed E-state index contributed by atoms with van der Waals surface area (Å²) in [4.78, 5) is 11.9. The van der Waals surface area contributed by atoms with E-state index in [-0.39, 0.29) is 5.91 Å². The number of ether oxygens (including phenoxy) is 1. The maximum absolute atomic E-state index is 11.9. The Morgan fingerprint density at radius 3 is 2.68 bits per heavy atom. The average Bonchev–Trinajstić information content (AvgIpc) is 2.53. The van der Waals surface area contributed by atoms with Gasteiger partial charge in [-0.05, 0) is 30.7 Å². The van der Waals surface area contributed by atoms with Crippen LogP contribution in [0.1, 0.15) is 18.1 Å². The summed E-state index contributed by atoms with van der Waals surface area (Å²) in [5.41, 5.74) is 1.76. The number of nitrogens with one attached hydrogen (secondary N) is 1. The molecule has 4 heteroatoms. The standard InChI is InChI=1S/C18H18ClNO2/c1-2-22-17-10-6-4-8-15(17)13-20-18(21)12-11-14-7-3-5-9-16(14)19/h3-12H,2,13H2,1H3,(H,20,21)/b12-11+. The van der Waals surface area contributed by atoms with Crippen LogP contribution in [0.15, 0.2) is 54.6 Å². The number of carbonyl (C=O) groups excluding carboxylic acids is 1. The van der Waals surface area contributed by atoms with Crippen molar-refractivity contribution in [3.05, 3.63) is 70.8 Å². The van der Waals surface area contributed by atoms with Gasteiger partial charge >= 0.3 is 0 Å². The summed E-state index contributed by atoms with van der Waals surface area (Å²) in [5, 5.41) is 3.46. The molecule has 0 unspecified atom stereocenters. The maximum Gasteiger partial charge on any atom is 0.244 e. The van der Waals surface area contributed by atoms with Gasteiger partial charge in [0.2, 0.25) is 5.91 Å². The Bertz CT molecular complexity index is 668. The third-order valence-electron chi connectivity index (χ3n) is 3.05. The van der Waals surface area contributed by atoms with Gasteiger partial charge in [0.15, 0.2) is 0 Å². The number of carbonyl (C=O) groups is 1. The van der Waals surface area contributed by atoms with Crippen LogP contribution in [0.4, 0.5) is 0 Å². The predicted molar refractivity (Wildman–Crippen MR) is 89.9 cm³/mol. The van der Waals surface area contributed by atoms with Crippen LogP contribution in [0.2, 0.25) is 5.02 Å². The molecule has 0 aliphatic heterocycles. The lowest BCUT2D eigenvalue weighted by Crippen LogP contribution is -2.20. The van der Waals surface area contributed by atoms with E-state index < -0.39 is 0 Å². The lowest BCUT2D eigenvalue weighted by molar-refractivity contribution is -0.116. The van der Waals surface area contributed by atoms with Crippen LogP contribution in [0.25, 0.3) is 6.08 Å². The van der Waals surface area contributed by atoms with E-state index in [1.54, 1.807) is 12.1 Å². The topological polar surface area (TPSA) is 38.3 Å². The minimum atomic E-state index is -0.175. The van der Waals surface area contributed by atoms with Gasteiger partial charge in [0.25, 0.3) is 0 Å². The predicted octanol–water partition coefficient (Wildman–Crippen LogP) is 4.07. The molecule has 114 valence electrons. The van der Waals surface area contributed by atoms with Crippen molar-refractivity contribution in [1.82, 2.24) is 5.32 Å². The van der Waals surface area contributed by atoms with Gasteiger partial charge in [0, 0.05) is 23.2 Å². The van der Waals surface area contributed by atoms with Crippen LogP contribution >= 0.6 is 11.6 Å². The smallest absolute Gasteiger partial charge is 0.244 e. The molecule has 1 amide bonds. The molecule has 2 rings (SSSR count). The molecule has 0 atom stereocenters. The van der Waals surface area contributed by atoms with Gasteiger partial charge in [0.1, 0.15) is 5.75 Å². The highest BCUT2D eigenvalue weighted by Gasteiger charge is 2.03. The third kappa shape index (κ3) is 4.64. The number of hydrogen-bond donors (Lipinski definition) is 1. The van der Waals surface area contributed by atoms with Crippen molar-refractivity contribution in [1.29, 1.82) is 0 Å². The first kappa shape index (κ1) is 16.1. The molecule has 0 aliphatic carbocycles. The van der Waals surface area contributed by atoms with Gasteiger partial charge in [-0.15, -0.1) is 0 Å². The zero-order chi connectivity index (χ0) is 15.8. The van der Waals surface area contributed by atoms with E-state index in [1.165, 1.54) is 6.08 Å². The summed E-state index contributed by atoms with van der Waals surface area (Å²) < 4.78 is 5.53. The van der Waals surface area contributed by atoms with Crippen LogP contribution in [0.3, 0.4) is 0 Å². The molecule has 0 saturated heterocycles. The first-order chi connectivity index (χ1) is 10.7. The van der Waals surface area contributed by atoms with Crippen molar-refractivity contribution in [3.63, 3.8) is 0 Å². The SMILES string of the molecule is CCOc1ccccc1CNC(=O)/C=C/c1ccccc1Cl. The normalized spacial score (nSPS) is 10.6. The van der Waals surface area contributed by atoms with E-state index in [2.05, 4.69) is 5.32 Å². The van der Waals surface area contributed by atoms with Gasteiger partial charge in [-0.3, -0.25) is 4.79 Å². The van der Waals surface area contributed by atoms with Crippen molar-refractivity contribution >= 4 is 23.6 Å². The fraction of sp³-hybridized carbons (Fsp3) is 0.167. The summed E-state index contributed by atoms with van der Waals surface area (Å²) in [7, 11) is 0. The Kier molecular flexibility index (Phi) is 6.04. The Morgan fingerprint density at radius 2 is 1.91 bits per heavy atom. The molecule has 0 saturated carbocycles. The van der Waals surface area contributed by atoms with E-state index in [4.69, 9.17) is 16.3 Å². The Labute approximate surface area is 135 Å². The molecule has 0 radical (unpaired) electrons. The molecule has 0 aromatic heterocycles. The first-order valence-electron chi connectivity index (χ1n) is 7.12. The molecule has 0 fully saturated rings. The van der Waals surface area contributed by atoms with Gasteiger partial charge < -0.3 is 10.1 Å². The maximum atomic E-state index is 11.9. The second-order valence-corrected chi connectivity index (χ2v) is 5.02. The van der Waals surface area contributed by atoms with E-state index in [0.29, 0.717) is 18.2 Å². The third-order valence-corrected chi connectivity index (χ3v) is 3.39. The number of rotatable bonds is 6. The summed E-state index contributed by atoms with van der Waals surface area (Å²) in [6, 6.07) is 15.0. The molecule has 2 aromatic rings. The second-order valence-electron chi connectivity index (χ2n) is 4.61. The number of hydrogen-bond acceptors (Lipinski definition) is 2. The van der Waals surface area contributed by atoms with E-state index in [9.17, 15) is 4.79 Å². The molecule has 1 N–H and O–H groups in total. The first-order valence-corrected chi connectivity index (χ1v) is 7.49. The highest BCUT2D eigenvalue weighted by atomic mass is 35.5. The summed E-state index contributed by atoms with van der Waals surface area (Å²) in [6.07, 6.45) is 3.18. The highest BCUT2D eigenvalue weighted by Crippen LogP contribution is 2.18. The van der Waals surface area contributed by atoms with Crippen molar-refractivity contribution in [3.8, 4) is 5.75 Å². The van der Waals surface area contributed by atoms with Gasteiger partial charge in [-0.25, -0.2) is 0 Å². The zero-order valence-corrected chi connectivity index (χ0v) is 13.1. The molecule has 0 aliphatic rings. The summed E-state index contributed by atoms with van der Waals surface area (Å²) >= 11 is 6.04. The van der Waals surface area contributed by atoms with Crippen molar-refractivity contribution < 1.29 is 9.53 Å². The van der Waals surface area contributed by atoms with Crippen LogP contribution in [-0.4, -0.2) is 12.5 Å². The van der Waals surface area contributed by atoms with Crippen LogP contribution < -0.4 is 10.1 Å². The largest absolute Gasteiger partial charge is 0.494 e. The molecule has 22 heavy (non-hydrogen) atoms. The van der Waals surface area contributed by atoms with Gasteiger partial charge in [-0.1, -0.05) is 48.0 Å². The fourth-order valence-electron chi connectivity index (χ4n) is 1.96. The molecule has 0 bridgehead atoms. The average molecular weight is 316 g/mol. The number of amides is 1. The molecular formula is C18H18ClNO2. The van der Waals surface area contributed by atoms with Crippen molar-refractivity contribution in [2.45, 2.75) is 13.5 Å². The minimum absolute atomic E-state index is 0.175. The van der Waals surface area contributed by atoms with Crippen LogP contribution in [0, 0.1) is 0 Å². The highest BCUT2D eigenvalue weighted by molar-refractivity contribution is 6.32. The van der Waals surface area contributed by atoms with Crippen molar-refractivity contribution in [2.75, 3.05) is 6.61 Å². The lowest BCUT2D eigenvalue weighted by atomic mass is 10.2. The van der Waals surface area contributed by atoms with Crippen molar-refractivity contribution in [2.24, 2.45) is 0 Å². The number of para-hydroxylation sites is 1. The van der Waals surface area contributed by atoms with E-state index in [1.807, 2.05) is 49.4 Å². The summed E-state index contributed by atoms with van der Waals surface area (Å²) in [6.45, 7) is 2.95. The van der Waals surface area contributed by atoms with E-state index >= 15 is 0 Å². The zero-order valence-electron chi connectivity index (χ0n) is 12.4. The molecule has 3 nitrogen and oxygen atoms in total. The fourth-order valence-corrected chi connectivity index (χ4v) is 2.16. The Morgan fingerprint density at radius 1 is 1.18 bits per heavy atom. The van der Waals surface area contributed by atoms with Crippen LogP contribution in [0.5, 0.6) is 5.75 Å².